The van der Waals surface area contributed by atoms with Gasteiger partial charge in [-0.25, -0.2) is 5.43 Å². The van der Waals surface area contributed by atoms with E-state index < -0.39 is 0 Å². The van der Waals surface area contributed by atoms with Crippen molar-refractivity contribution < 1.29 is 10.0 Å². The molecule has 0 aliphatic heterocycles. The van der Waals surface area contributed by atoms with Crippen LogP contribution >= 0.6 is 15.9 Å². The van der Waals surface area contributed by atoms with Crippen molar-refractivity contribution in [3.63, 3.8) is 0 Å². The van der Waals surface area contributed by atoms with E-state index in [-0.39, 0.29) is 5.91 Å². The summed E-state index contributed by atoms with van der Waals surface area (Å²) in [5, 5.41) is 15.6. The molecule has 106 valence electrons. The minimum Gasteiger partial charge on any atom is -0.411 e. The van der Waals surface area contributed by atoms with E-state index in [0.717, 1.165) is 16.3 Å². The molecule has 1 amide bonds. The van der Waals surface area contributed by atoms with Crippen LogP contribution in [0.25, 0.3) is 0 Å². The van der Waals surface area contributed by atoms with Crippen LogP contribution in [-0.2, 0) is 0 Å². The summed E-state index contributed by atoms with van der Waals surface area (Å²) < 4.78 is 0.889. The lowest BCUT2D eigenvalue weighted by molar-refractivity contribution is 0.0955. The molecule has 21 heavy (non-hydrogen) atoms. The Morgan fingerprint density at radius 1 is 1.05 bits per heavy atom. The first-order chi connectivity index (χ1) is 10.2. The Kier molecular flexibility index (Phi) is 5.22. The van der Waals surface area contributed by atoms with Gasteiger partial charge in [0.25, 0.3) is 5.91 Å². The maximum atomic E-state index is 12.0. The van der Waals surface area contributed by atoms with Crippen LogP contribution in [0.5, 0.6) is 0 Å². The van der Waals surface area contributed by atoms with E-state index in [9.17, 15) is 4.79 Å². The van der Waals surface area contributed by atoms with Crippen LogP contribution in [0, 0.1) is 0 Å². The summed E-state index contributed by atoms with van der Waals surface area (Å²) in [6.45, 7) is 0. The Morgan fingerprint density at radius 3 is 2.33 bits per heavy atom. The Balaban J connectivity index is 2.16. The number of halogens is 1. The Bertz CT molecular complexity index is 667. The highest BCUT2D eigenvalue weighted by atomic mass is 79.9. The van der Waals surface area contributed by atoms with Crippen LogP contribution in [0.1, 0.15) is 15.9 Å². The number of oxime groups is 1. The third kappa shape index (κ3) is 4.25. The molecule has 5 nitrogen and oxygen atoms in total. The van der Waals surface area contributed by atoms with Crippen molar-refractivity contribution in [1.82, 2.24) is 5.43 Å². The third-order valence-corrected chi connectivity index (χ3v) is 3.16. The number of carbonyl (C=O) groups is 1. The molecule has 2 rings (SSSR count). The number of carbonyl (C=O) groups excluding carboxylic acids is 1. The standard InChI is InChI=1S/C15H12BrN3O2/c16-13-8-6-12(7-9-13)15(20)19-18-14(10-17-21)11-4-2-1-3-5-11/h1-10,21H,(H,19,20). The molecule has 0 aliphatic carbocycles. The Morgan fingerprint density at radius 2 is 1.71 bits per heavy atom. The van der Waals surface area contributed by atoms with Crippen molar-refractivity contribution >= 4 is 33.8 Å². The van der Waals surface area contributed by atoms with Crippen molar-refractivity contribution in [3.8, 4) is 0 Å². The molecule has 0 bridgehead atoms. The molecule has 0 aliphatic rings. The summed E-state index contributed by atoms with van der Waals surface area (Å²) >= 11 is 3.30. The predicted octanol–water partition coefficient (Wildman–Crippen LogP) is 3.04. The fraction of sp³-hybridized carbons (Fsp3) is 0. The van der Waals surface area contributed by atoms with Gasteiger partial charge in [0.15, 0.2) is 0 Å². The van der Waals surface area contributed by atoms with Crippen molar-refractivity contribution in [2.45, 2.75) is 0 Å². The first kappa shape index (κ1) is 14.9. The van der Waals surface area contributed by atoms with E-state index in [1.807, 2.05) is 18.2 Å². The molecule has 0 aromatic heterocycles. The zero-order chi connectivity index (χ0) is 15.1. The molecule has 0 unspecified atom stereocenters. The molecule has 2 aromatic rings. The quantitative estimate of drug-likeness (QED) is 0.507. The summed E-state index contributed by atoms with van der Waals surface area (Å²) in [4.78, 5) is 12.0. The molecular formula is C15H12BrN3O2. The topological polar surface area (TPSA) is 74.0 Å². The lowest BCUT2D eigenvalue weighted by Crippen LogP contribution is -2.20. The smallest absolute Gasteiger partial charge is 0.271 e. The minimum absolute atomic E-state index is 0.345. The Labute approximate surface area is 130 Å². The van der Waals surface area contributed by atoms with Crippen molar-refractivity contribution in [1.29, 1.82) is 0 Å². The number of nitrogens with one attached hydrogen (secondary N) is 1. The van der Waals surface area contributed by atoms with Gasteiger partial charge in [0.1, 0.15) is 5.71 Å². The molecule has 2 N–H and O–H groups in total. The molecule has 2 aromatic carbocycles. The van der Waals surface area contributed by atoms with E-state index in [1.54, 1.807) is 36.4 Å². The summed E-state index contributed by atoms with van der Waals surface area (Å²) in [5.74, 6) is -0.345. The van der Waals surface area contributed by atoms with Crippen molar-refractivity contribution in [3.05, 3.63) is 70.2 Å². The molecular weight excluding hydrogens is 334 g/mol. The summed E-state index contributed by atoms with van der Waals surface area (Å²) in [5.41, 5.74) is 3.99. The van der Waals surface area contributed by atoms with Gasteiger partial charge in [0.05, 0.1) is 6.21 Å². The number of rotatable bonds is 4. The van der Waals surface area contributed by atoms with Crippen LogP contribution in [-0.4, -0.2) is 23.0 Å². The second-order valence-corrected chi connectivity index (χ2v) is 4.97. The highest BCUT2D eigenvalue weighted by molar-refractivity contribution is 9.10. The summed E-state index contributed by atoms with van der Waals surface area (Å²) in [7, 11) is 0. The molecule has 0 atom stereocenters. The number of nitrogens with zero attached hydrogens (tertiary/aromatic N) is 2. The van der Waals surface area contributed by atoms with Gasteiger partial charge in [0, 0.05) is 15.6 Å². The highest BCUT2D eigenvalue weighted by Gasteiger charge is 2.05. The van der Waals surface area contributed by atoms with Gasteiger partial charge in [-0.1, -0.05) is 51.4 Å². The second kappa shape index (κ2) is 7.35. The van der Waals surface area contributed by atoms with Gasteiger partial charge >= 0.3 is 0 Å². The van der Waals surface area contributed by atoms with E-state index in [4.69, 9.17) is 5.21 Å². The first-order valence-corrected chi connectivity index (χ1v) is 6.86. The molecule has 0 fully saturated rings. The van der Waals surface area contributed by atoms with Gasteiger partial charge in [0.2, 0.25) is 0 Å². The van der Waals surface area contributed by atoms with E-state index in [1.165, 1.54) is 0 Å². The van der Waals surface area contributed by atoms with Crippen LogP contribution in [0.15, 0.2) is 69.3 Å². The Hall–Kier alpha value is -2.47. The number of benzene rings is 2. The SMILES string of the molecule is O=C(NN=C(C=NO)c1ccccc1)c1ccc(Br)cc1. The summed E-state index contributed by atoms with van der Waals surface area (Å²) in [6.07, 6.45) is 1.16. The maximum Gasteiger partial charge on any atom is 0.271 e. The van der Waals surface area contributed by atoms with Crippen molar-refractivity contribution in [2.75, 3.05) is 0 Å². The fourth-order valence-corrected chi connectivity index (χ4v) is 1.87. The van der Waals surface area contributed by atoms with Gasteiger partial charge < -0.3 is 5.21 Å². The predicted molar refractivity (Wildman–Crippen MR) is 84.9 cm³/mol. The average Bonchev–Trinajstić information content (AvgIpc) is 2.52. The highest BCUT2D eigenvalue weighted by Crippen LogP contribution is 2.10. The monoisotopic (exact) mass is 345 g/mol. The molecule has 0 radical (unpaired) electrons. The summed E-state index contributed by atoms with van der Waals surface area (Å²) in [6, 6.07) is 16.0. The average molecular weight is 346 g/mol. The number of hydrogen-bond donors (Lipinski definition) is 2. The zero-order valence-electron chi connectivity index (χ0n) is 10.9. The van der Waals surface area contributed by atoms with Crippen LogP contribution in [0.2, 0.25) is 0 Å². The van der Waals surface area contributed by atoms with Crippen LogP contribution < -0.4 is 5.43 Å². The lowest BCUT2D eigenvalue weighted by Gasteiger charge is -2.03. The van der Waals surface area contributed by atoms with E-state index in [0.29, 0.717) is 11.3 Å². The first-order valence-electron chi connectivity index (χ1n) is 6.07. The molecule has 0 saturated heterocycles. The van der Waals surface area contributed by atoms with E-state index in [2.05, 4.69) is 31.6 Å². The zero-order valence-corrected chi connectivity index (χ0v) is 12.5. The molecule has 6 heteroatoms. The molecule has 0 spiro atoms. The van der Waals surface area contributed by atoms with E-state index >= 15 is 0 Å². The molecule has 0 saturated carbocycles. The molecule has 0 heterocycles. The number of hydrogen-bond acceptors (Lipinski definition) is 4. The van der Waals surface area contributed by atoms with Crippen LogP contribution in [0.4, 0.5) is 0 Å². The van der Waals surface area contributed by atoms with Gasteiger partial charge in [-0.2, -0.15) is 5.10 Å². The van der Waals surface area contributed by atoms with Gasteiger partial charge in [-0.05, 0) is 24.3 Å². The third-order valence-electron chi connectivity index (χ3n) is 2.63. The maximum absolute atomic E-state index is 12.0. The largest absolute Gasteiger partial charge is 0.411 e. The normalized spacial score (nSPS) is 11.6. The van der Waals surface area contributed by atoms with Crippen LogP contribution in [0.3, 0.4) is 0 Å². The van der Waals surface area contributed by atoms with Gasteiger partial charge in [-0.3, -0.25) is 4.79 Å². The lowest BCUT2D eigenvalue weighted by atomic mass is 10.1. The van der Waals surface area contributed by atoms with Gasteiger partial charge in [-0.15, -0.1) is 0 Å². The second-order valence-electron chi connectivity index (χ2n) is 4.06. The fourth-order valence-electron chi connectivity index (χ4n) is 1.61. The number of hydrazone groups is 1. The minimum atomic E-state index is -0.345. The number of amides is 1. The van der Waals surface area contributed by atoms with Crippen molar-refractivity contribution in [2.24, 2.45) is 10.3 Å².